The Kier molecular flexibility index (Phi) is 22.7. The summed E-state index contributed by atoms with van der Waals surface area (Å²) in [4.78, 5) is 63.2. The second kappa shape index (κ2) is 29.5. The van der Waals surface area contributed by atoms with Crippen LogP contribution in [0.2, 0.25) is 0 Å². The van der Waals surface area contributed by atoms with Gasteiger partial charge in [-0.3, -0.25) is 24.0 Å². The van der Waals surface area contributed by atoms with Crippen LogP contribution in [0.5, 0.6) is 0 Å². The summed E-state index contributed by atoms with van der Waals surface area (Å²) in [6.07, 6.45) is -11.2. The van der Waals surface area contributed by atoms with Gasteiger partial charge in [-0.2, -0.15) is 0 Å². The Morgan fingerprint density at radius 2 is 1.06 bits per heavy atom. The van der Waals surface area contributed by atoms with Crippen LogP contribution >= 0.6 is 0 Å². The van der Waals surface area contributed by atoms with E-state index >= 15 is 0 Å². The molecule has 0 radical (unpaired) electrons. The van der Waals surface area contributed by atoms with Crippen molar-refractivity contribution in [2.75, 3.05) is 20.3 Å². The minimum atomic E-state index is -1.53. The monoisotopic (exact) mass is 1080 g/mol. The van der Waals surface area contributed by atoms with E-state index in [1.54, 1.807) is 6.92 Å². The van der Waals surface area contributed by atoms with Gasteiger partial charge in [0.25, 0.3) is 0 Å². The summed E-state index contributed by atoms with van der Waals surface area (Å²) in [6.45, 7) is 8.93. The number of hydrogen-bond donors (Lipinski definition) is 1. The van der Waals surface area contributed by atoms with Crippen molar-refractivity contribution in [3.05, 3.63) is 108 Å². The van der Waals surface area contributed by atoms with Crippen LogP contribution in [-0.4, -0.2) is 142 Å². The van der Waals surface area contributed by atoms with Crippen LogP contribution in [-0.2, 0) is 104 Å². The third-order valence-electron chi connectivity index (χ3n) is 13.6. The number of esters is 4. The summed E-state index contributed by atoms with van der Waals surface area (Å²) in [5.74, 6) is -2.95. The van der Waals surface area contributed by atoms with E-state index in [9.17, 15) is 24.0 Å². The molecule has 0 saturated carbocycles. The number of benzene rings is 3. The van der Waals surface area contributed by atoms with Crippen molar-refractivity contribution >= 4 is 29.8 Å². The number of ether oxygens (including phenoxy) is 14. The molecule has 4 saturated heterocycles. The second-order valence-corrected chi connectivity index (χ2v) is 19.6. The number of carbonyl (C=O) groups excluding carboxylic acids is 5. The maximum Gasteiger partial charge on any atom is 0.305 e. The number of hydrogen-bond acceptors (Lipinski definition) is 19. The summed E-state index contributed by atoms with van der Waals surface area (Å²) in [7, 11) is 1.39. The van der Waals surface area contributed by atoms with E-state index in [1.165, 1.54) is 27.9 Å². The number of rotatable bonds is 25. The van der Waals surface area contributed by atoms with E-state index in [0.717, 1.165) is 50.2 Å². The maximum atomic E-state index is 13.6. The fraction of sp³-hybridized carbons (Fsp3) is 0.596. The van der Waals surface area contributed by atoms with Gasteiger partial charge in [0.15, 0.2) is 43.5 Å². The van der Waals surface area contributed by atoms with Crippen LogP contribution in [0.4, 0.5) is 0 Å². The minimum Gasteiger partial charge on any atom is -0.469 e. The molecule has 16 atom stereocenters. The van der Waals surface area contributed by atoms with Crippen molar-refractivity contribution in [3.8, 4) is 0 Å². The van der Waals surface area contributed by atoms with Gasteiger partial charge in [-0.1, -0.05) is 117 Å². The molecule has 16 unspecified atom stereocenters. The smallest absolute Gasteiger partial charge is 0.305 e. The van der Waals surface area contributed by atoms with E-state index in [2.05, 4.69) is 5.32 Å². The Labute approximate surface area is 450 Å². The number of nitrogens with one attached hydrogen (secondary N) is 1. The molecule has 20 heteroatoms. The lowest BCUT2D eigenvalue weighted by atomic mass is 9.93. The summed E-state index contributed by atoms with van der Waals surface area (Å²) in [6, 6.07) is 27.3. The lowest BCUT2D eigenvalue weighted by Crippen LogP contribution is -2.71. The first-order valence-electron chi connectivity index (χ1n) is 26.6. The van der Waals surface area contributed by atoms with Crippen molar-refractivity contribution in [1.29, 1.82) is 0 Å². The fourth-order valence-corrected chi connectivity index (χ4v) is 9.99. The molecule has 4 heterocycles. The largest absolute Gasteiger partial charge is 0.469 e. The number of fused-ring (bicyclic) bond motifs is 1. The zero-order valence-electron chi connectivity index (χ0n) is 44.9. The van der Waals surface area contributed by atoms with E-state index in [1.807, 2.05) is 97.9 Å². The third kappa shape index (κ3) is 17.1. The molecule has 1 N–H and O–H groups in total. The molecule has 0 aromatic heterocycles. The Morgan fingerprint density at radius 1 is 0.532 bits per heavy atom. The molecular formula is C57H75NO19. The van der Waals surface area contributed by atoms with Gasteiger partial charge in [0.1, 0.15) is 42.7 Å². The van der Waals surface area contributed by atoms with Crippen LogP contribution in [0.3, 0.4) is 0 Å². The van der Waals surface area contributed by atoms with Gasteiger partial charge < -0.3 is 71.6 Å². The van der Waals surface area contributed by atoms with E-state index in [4.69, 9.17) is 66.3 Å². The molecule has 3 aromatic rings. The Morgan fingerprint density at radius 3 is 1.68 bits per heavy atom. The van der Waals surface area contributed by atoms with Crippen LogP contribution in [0.25, 0.3) is 0 Å². The molecule has 7 rings (SSSR count). The van der Waals surface area contributed by atoms with E-state index < -0.39 is 122 Å². The van der Waals surface area contributed by atoms with E-state index in [0.29, 0.717) is 18.4 Å². The first-order chi connectivity index (χ1) is 37.2. The summed E-state index contributed by atoms with van der Waals surface area (Å²) < 4.78 is 89.4. The summed E-state index contributed by atoms with van der Waals surface area (Å²) in [5, 5.41) is 3.01. The molecule has 4 aliphatic heterocycles. The van der Waals surface area contributed by atoms with Crippen molar-refractivity contribution in [2.45, 2.75) is 198 Å². The molecule has 20 nitrogen and oxygen atoms in total. The van der Waals surface area contributed by atoms with Gasteiger partial charge >= 0.3 is 23.9 Å². The molecule has 3 aromatic carbocycles. The predicted molar refractivity (Wildman–Crippen MR) is 272 cm³/mol. The van der Waals surface area contributed by atoms with Crippen molar-refractivity contribution in [1.82, 2.24) is 5.32 Å². The zero-order chi connectivity index (χ0) is 54.8. The number of carbonyl (C=O) groups is 5. The maximum absolute atomic E-state index is 13.6. The Hall–Kier alpha value is -5.39. The molecule has 1 amide bonds. The highest BCUT2D eigenvalue weighted by atomic mass is 16.8. The van der Waals surface area contributed by atoms with Crippen molar-refractivity contribution < 1.29 is 90.3 Å². The van der Waals surface area contributed by atoms with Crippen LogP contribution in [0.1, 0.15) is 109 Å². The average molecular weight is 1080 g/mol. The second-order valence-electron chi connectivity index (χ2n) is 19.6. The van der Waals surface area contributed by atoms with E-state index in [-0.39, 0.29) is 32.4 Å². The Balaban J connectivity index is 1.25. The highest BCUT2D eigenvalue weighted by Gasteiger charge is 2.58. The predicted octanol–water partition coefficient (Wildman–Crippen LogP) is 6.48. The van der Waals surface area contributed by atoms with Gasteiger partial charge in [-0.15, -0.1) is 0 Å². The number of unbranched alkanes of at least 4 members (excludes halogenated alkanes) is 5. The van der Waals surface area contributed by atoms with Gasteiger partial charge in [-0.05, 0) is 37.8 Å². The van der Waals surface area contributed by atoms with Crippen LogP contribution in [0.15, 0.2) is 91.0 Å². The third-order valence-corrected chi connectivity index (χ3v) is 13.6. The lowest BCUT2D eigenvalue weighted by Gasteiger charge is -2.53. The molecule has 77 heavy (non-hydrogen) atoms. The molecule has 422 valence electrons. The topological polar surface area (TPSA) is 227 Å². The standard InChI is InChI=1S/C57H75NO19/c1-34-46(66-31-40-23-15-12-16-24-40)50(67-32-41-25-17-13-18-26-41)52(56(69-34)65-30-22-11-9-8-10-21-29-44(63)64-7)77-55-45(58-36(3)59)49(48-43(74-55)33-68-54(75-48)42-27-19-14-20-28-42)76-57-53(73-39(6)62)51(72-38(5)61)47(35(2)70-57)71-37(4)60/h12-20,23-28,34-35,43,45-57H,8-11,21-22,29-33H2,1-7H3,(H,58,59). The lowest BCUT2D eigenvalue weighted by molar-refractivity contribution is -0.396. The van der Waals surface area contributed by atoms with Gasteiger partial charge in [0.05, 0.1) is 39.1 Å². The molecule has 0 aliphatic carbocycles. The SMILES string of the molecule is COC(=O)CCCCCCCCOC1OC(C)C(OCc2ccccc2)C(OCc2ccccc2)C1OC1OC2COC(c3ccccc3)OC2C(OC2OC(C)C(OC(C)=O)C(OC(C)=O)C2OC(C)=O)C1NC(C)=O. The first-order valence-corrected chi connectivity index (χ1v) is 26.6. The normalized spacial score (nSPS) is 31.0. The fourth-order valence-electron chi connectivity index (χ4n) is 9.99. The minimum absolute atomic E-state index is 0.0474. The molecule has 4 aliphatic rings. The van der Waals surface area contributed by atoms with Gasteiger partial charge in [0, 0.05) is 46.3 Å². The highest BCUT2D eigenvalue weighted by molar-refractivity contribution is 5.73. The van der Waals surface area contributed by atoms with Crippen LogP contribution in [0, 0.1) is 0 Å². The first kappa shape index (κ1) is 59.3. The number of amides is 1. The zero-order valence-corrected chi connectivity index (χ0v) is 44.9. The molecule has 0 bridgehead atoms. The summed E-state index contributed by atoms with van der Waals surface area (Å²) in [5.41, 5.74) is 2.49. The number of methoxy groups -OCH3 is 1. The molecule has 0 spiro atoms. The molecular weight excluding hydrogens is 1000 g/mol. The molecule has 4 fully saturated rings. The van der Waals surface area contributed by atoms with Crippen LogP contribution < -0.4 is 5.32 Å². The summed E-state index contributed by atoms with van der Waals surface area (Å²) >= 11 is 0. The average Bonchev–Trinajstić information content (AvgIpc) is 3.43. The quantitative estimate of drug-likeness (QED) is 0.0544. The van der Waals surface area contributed by atoms with Gasteiger partial charge in [0.2, 0.25) is 5.91 Å². The van der Waals surface area contributed by atoms with Crippen molar-refractivity contribution in [3.63, 3.8) is 0 Å². The van der Waals surface area contributed by atoms with Crippen molar-refractivity contribution in [2.24, 2.45) is 0 Å². The van der Waals surface area contributed by atoms with Gasteiger partial charge in [-0.25, -0.2) is 0 Å². The Bertz CT molecular complexity index is 2310. The highest BCUT2D eigenvalue weighted by Crippen LogP contribution is 2.40.